The molecule has 0 spiro atoms. The zero-order valence-electron chi connectivity index (χ0n) is 14.9. The number of hydrogen-bond donors (Lipinski definition) is 2. The van der Waals surface area contributed by atoms with E-state index in [9.17, 15) is 12.8 Å². The van der Waals surface area contributed by atoms with Gasteiger partial charge in [0.1, 0.15) is 11.5 Å². The van der Waals surface area contributed by atoms with Gasteiger partial charge in [0.2, 0.25) is 10.0 Å². The van der Waals surface area contributed by atoms with Gasteiger partial charge in [-0.3, -0.25) is 0 Å². The molecule has 1 aliphatic rings. The third-order valence-corrected chi connectivity index (χ3v) is 6.45. The second kappa shape index (κ2) is 7.85. The second-order valence-electron chi connectivity index (χ2n) is 6.94. The van der Waals surface area contributed by atoms with Gasteiger partial charge in [-0.2, -0.15) is 5.10 Å². The fraction of sp³-hybridized carbons (Fsp3) is 0.500. The van der Waals surface area contributed by atoms with Crippen molar-refractivity contribution in [3.05, 3.63) is 42.0 Å². The molecule has 0 bridgehead atoms. The largest absolute Gasteiger partial charge is 0.329 e. The molecule has 2 aromatic rings. The molecule has 0 saturated heterocycles. The van der Waals surface area contributed by atoms with Crippen LogP contribution in [0.4, 0.5) is 4.39 Å². The van der Waals surface area contributed by atoms with Gasteiger partial charge in [0.15, 0.2) is 0 Å². The highest BCUT2D eigenvalue weighted by atomic mass is 32.2. The Kier molecular flexibility index (Phi) is 5.74. The summed E-state index contributed by atoms with van der Waals surface area (Å²) in [6, 6.07) is 3.53. The zero-order chi connectivity index (χ0) is 18.7. The molecule has 1 unspecified atom stereocenters. The van der Waals surface area contributed by atoms with Gasteiger partial charge in [0, 0.05) is 18.8 Å². The second-order valence-corrected chi connectivity index (χ2v) is 8.65. The number of benzene rings is 1. The van der Waals surface area contributed by atoms with Gasteiger partial charge in [-0.25, -0.2) is 22.2 Å². The predicted molar refractivity (Wildman–Crippen MR) is 98.0 cm³/mol. The monoisotopic (exact) mass is 380 g/mol. The molecule has 142 valence electrons. The Morgan fingerprint density at radius 2 is 2.08 bits per heavy atom. The quantitative estimate of drug-likeness (QED) is 0.806. The predicted octanol–water partition coefficient (Wildman–Crippen LogP) is 2.51. The maximum atomic E-state index is 14.5. The van der Waals surface area contributed by atoms with Crippen molar-refractivity contribution in [2.45, 2.75) is 50.0 Å². The fourth-order valence-corrected chi connectivity index (χ4v) is 4.85. The van der Waals surface area contributed by atoms with E-state index in [2.05, 4.69) is 9.82 Å². The highest BCUT2D eigenvalue weighted by Gasteiger charge is 2.28. The summed E-state index contributed by atoms with van der Waals surface area (Å²) in [5.74, 6) is -0.405. The van der Waals surface area contributed by atoms with E-state index < -0.39 is 15.8 Å². The molecular formula is C18H25FN4O2S. The van der Waals surface area contributed by atoms with E-state index in [4.69, 9.17) is 5.73 Å². The van der Waals surface area contributed by atoms with E-state index in [1.807, 2.05) is 6.92 Å². The zero-order valence-corrected chi connectivity index (χ0v) is 15.7. The summed E-state index contributed by atoms with van der Waals surface area (Å²) in [4.78, 5) is -0.100. The van der Waals surface area contributed by atoms with Crippen LogP contribution in [0.3, 0.4) is 0 Å². The first-order valence-electron chi connectivity index (χ1n) is 8.94. The average Bonchev–Trinajstić information content (AvgIpc) is 3.06. The van der Waals surface area contributed by atoms with Crippen LogP contribution in [0, 0.1) is 18.7 Å². The van der Waals surface area contributed by atoms with Gasteiger partial charge in [0.25, 0.3) is 0 Å². The average molecular weight is 380 g/mol. The van der Waals surface area contributed by atoms with Crippen molar-refractivity contribution in [3.8, 4) is 5.69 Å². The minimum absolute atomic E-state index is 0.100. The summed E-state index contributed by atoms with van der Waals surface area (Å²) in [5.41, 5.74) is 6.91. The molecule has 1 saturated carbocycles. The molecule has 0 aliphatic heterocycles. The lowest BCUT2D eigenvalue weighted by Gasteiger charge is -2.29. The molecule has 1 atom stereocenters. The standard InChI is InChI=1S/C18H25FN4O2S/c1-13-11-21-23(12-13)18-8-7-15(9-16(18)19)26(24,25)22-17(10-20)14-5-3-2-4-6-14/h7-9,11-12,14,17,22H,2-6,10,20H2,1H3. The van der Waals surface area contributed by atoms with Crippen molar-refractivity contribution in [1.29, 1.82) is 0 Å². The molecule has 1 aromatic carbocycles. The Morgan fingerprint density at radius 3 is 2.65 bits per heavy atom. The molecule has 6 nitrogen and oxygen atoms in total. The van der Waals surface area contributed by atoms with E-state index in [0.717, 1.165) is 37.3 Å². The number of aryl methyl sites for hydroxylation is 1. The third kappa shape index (κ3) is 4.13. The van der Waals surface area contributed by atoms with E-state index >= 15 is 0 Å². The van der Waals surface area contributed by atoms with E-state index in [0.29, 0.717) is 0 Å². The minimum Gasteiger partial charge on any atom is -0.329 e. The normalized spacial score (nSPS) is 17.3. The topological polar surface area (TPSA) is 90.0 Å². The van der Waals surface area contributed by atoms with Gasteiger partial charge < -0.3 is 5.73 Å². The van der Waals surface area contributed by atoms with Crippen molar-refractivity contribution in [2.24, 2.45) is 11.7 Å². The van der Waals surface area contributed by atoms with Crippen LogP contribution in [0.5, 0.6) is 0 Å². The number of sulfonamides is 1. The molecule has 26 heavy (non-hydrogen) atoms. The fourth-order valence-electron chi connectivity index (χ4n) is 3.53. The summed E-state index contributed by atoms with van der Waals surface area (Å²) in [7, 11) is -3.84. The van der Waals surface area contributed by atoms with E-state index in [1.165, 1.54) is 23.2 Å². The van der Waals surface area contributed by atoms with Crippen LogP contribution in [0.15, 0.2) is 35.5 Å². The molecule has 1 aromatic heterocycles. The maximum absolute atomic E-state index is 14.5. The van der Waals surface area contributed by atoms with E-state index in [-0.39, 0.29) is 29.1 Å². The summed E-state index contributed by atoms with van der Waals surface area (Å²) in [6.07, 6.45) is 8.60. The molecule has 3 N–H and O–H groups in total. The number of nitrogens with one attached hydrogen (secondary N) is 1. The Balaban J connectivity index is 1.81. The van der Waals surface area contributed by atoms with Gasteiger partial charge >= 0.3 is 0 Å². The van der Waals surface area contributed by atoms with Crippen LogP contribution in [-0.2, 0) is 10.0 Å². The summed E-state index contributed by atoms with van der Waals surface area (Å²) >= 11 is 0. The number of aromatic nitrogens is 2. The highest BCUT2D eigenvalue weighted by molar-refractivity contribution is 7.89. The van der Waals surface area contributed by atoms with Crippen LogP contribution in [0.2, 0.25) is 0 Å². The Hall–Kier alpha value is -1.77. The van der Waals surface area contributed by atoms with E-state index in [1.54, 1.807) is 12.4 Å². The first-order valence-corrected chi connectivity index (χ1v) is 10.4. The van der Waals surface area contributed by atoms with Gasteiger partial charge in [-0.15, -0.1) is 0 Å². The minimum atomic E-state index is -3.84. The van der Waals surface area contributed by atoms with Gasteiger partial charge in [-0.1, -0.05) is 19.3 Å². The van der Waals surface area contributed by atoms with Crippen molar-refractivity contribution < 1.29 is 12.8 Å². The van der Waals surface area contributed by atoms with Crippen LogP contribution < -0.4 is 10.5 Å². The van der Waals surface area contributed by atoms with Crippen molar-refractivity contribution in [2.75, 3.05) is 6.54 Å². The molecule has 1 fully saturated rings. The van der Waals surface area contributed by atoms with Crippen molar-refractivity contribution in [3.63, 3.8) is 0 Å². The van der Waals surface area contributed by atoms with Gasteiger partial charge in [0.05, 0.1) is 11.1 Å². The third-order valence-electron chi connectivity index (χ3n) is 4.97. The van der Waals surface area contributed by atoms with Crippen LogP contribution in [-0.4, -0.2) is 30.8 Å². The Labute approximate surface area is 153 Å². The number of nitrogens with two attached hydrogens (primary N) is 1. The number of nitrogens with zero attached hydrogens (tertiary/aromatic N) is 2. The smallest absolute Gasteiger partial charge is 0.240 e. The van der Waals surface area contributed by atoms with Crippen molar-refractivity contribution >= 4 is 10.0 Å². The lowest BCUT2D eigenvalue weighted by Crippen LogP contribution is -2.45. The van der Waals surface area contributed by atoms with Crippen LogP contribution in [0.1, 0.15) is 37.7 Å². The van der Waals surface area contributed by atoms with Crippen LogP contribution >= 0.6 is 0 Å². The van der Waals surface area contributed by atoms with Crippen LogP contribution in [0.25, 0.3) is 5.69 Å². The first kappa shape index (κ1) is 19.0. The Bertz CT molecular complexity index is 860. The molecule has 0 radical (unpaired) electrons. The molecule has 1 aliphatic carbocycles. The Morgan fingerprint density at radius 1 is 1.35 bits per heavy atom. The maximum Gasteiger partial charge on any atom is 0.240 e. The summed E-state index contributed by atoms with van der Waals surface area (Å²) < 4.78 is 43.9. The number of halogens is 1. The molecule has 1 heterocycles. The van der Waals surface area contributed by atoms with Gasteiger partial charge in [-0.05, 0) is 49.4 Å². The SMILES string of the molecule is Cc1cnn(-c2ccc(S(=O)(=O)NC(CN)C3CCCCC3)cc2F)c1. The molecule has 0 amide bonds. The first-order chi connectivity index (χ1) is 12.4. The summed E-state index contributed by atoms with van der Waals surface area (Å²) in [5, 5.41) is 4.06. The molecule has 8 heteroatoms. The number of hydrogen-bond acceptors (Lipinski definition) is 4. The number of rotatable bonds is 6. The molecule has 3 rings (SSSR count). The summed E-state index contributed by atoms with van der Waals surface area (Å²) in [6.45, 7) is 2.08. The lowest BCUT2D eigenvalue weighted by molar-refractivity contribution is 0.294. The molecular weight excluding hydrogens is 355 g/mol. The van der Waals surface area contributed by atoms with Crippen molar-refractivity contribution in [1.82, 2.24) is 14.5 Å². The highest BCUT2D eigenvalue weighted by Crippen LogP contribution is 2.27. The lowest BCUT2D eigenvalue weighted by atomic mass is 9.84.